The molecule has 1 aliphatic heterocycles. The van der Waals surface area contributed by atoms with Crippen LogP contribution in [0.1, 0.15) is 56.7 Å². The molecule has 1 saturated heterocycles. The minimum absolute atomic E-state index is 0.0363. The SMILES string of the molecule is O=C(CCCNC(=O)C1CC1)NCC(c1ccco1)N1CCCCC1. The van der Waals surface area contributed by atoms with Crippen molar-refractivity contribution >= 4 is 11.8 Å². The van der Waals surface area contributed by atoms with E-state index in [1.165, 1.54) is 19.3 Å². The average molecular weight is 347 g/mol. The first-order chi connectivity index (χ1) is 12.2. The molecule has 2 N–H and O–H groups in total. The lowest BCUT2D eigenvalue weighted by atomic mass is 10.1. The predicted molar refractivity (Wildman–Crippen MR) is 94.9 cm³/mol. The molecule has 6 nitrogen and oxygen atoms in total. The van der Waals surface area contributed by atoms with Gasteiger partial charge >= 0.3 is 0 Å². The normalized spacial score (nSPS) is 19.4. The van der Waals surface area contributed by atoms with Gasteiger partial charge in [0.1, 0.15) is 5.76 Å². The first-order valence-corrected chi connectivity index (χ1v) is 9.56. The number of hydrogen-bond acceptors (Lipinski definition) is 4. The topological polar surface area (TPSA) is 74.6 Å². The van der Waals surface area contributed by atoms with Gasteiger partial charge in [-0.1, -0.05) is 6.42 Å². The zero-order valence-electron chi connectivity index (χ0n) is 14.8. The third-order valence-electron chi connectivity index (χ3n) is 5.02. The zero-order chi connectivity index (χ0) is 17.5. The van der Waals surface area contributed by atoms with Crippen LogP contribution in [0, 0.1) is 5.92 Å². The molecule has 2 fully saturated rings. The highest BCUT2D eigenvalue weighted by Crippen LogP contribution is 2.28. The maximum atomic E-state index is 12.1. The van der Waals surface area contributed by atoms with Crippen LogP contribution in [0.25, 0.3) is 0 Å². The highest BCUT2D eigenvalue weighted by molar-refractivity contribution is 5.81. The van der Waals surface area contributed by atoms with Crippen LogP contribution in [-0.2, 0) is 9.59 Å². The van der Waals surface area contributed by atoms with E-state index in [1.807, 2.05) is 12.1 Å². The van der Waals surface area contributed by atoms with Crippen molar-refractivity contribution in [2.75, 3.05) is 26.2 Å². The Hall–Kier alpha value is -1.82. The summed E-state index contributed by atoms with van der Waals surface area (Å²) >= 11 is 0. The lowest BCUT2D eigenvalue weighted by molar-refractivity contribution is -0.123. The van der Waals surface area contributed by atoms with Crippen LogP contribution in [0.2, 0.25) is 0 Å². The molecule has 0 aromatic carbocycles. The standard InChI is InChI=1S/C19H29N3O3/c23-18(7-4-10-20-19(24)15-8-9-15)21-14-16(17-6-5-13-25-17)22-11-2-1-3-12-22/h5-6,13,15-16H,1-4,7-12,14H2,(H,20,24)(H,21,23). The average Bonchev–Trinajstić information content (AvgIpc) is 3.36. The van der Waals surface area contributed by atoms with E-state index in [0.717, 1.165) is 31.7 Å². The van der Waals surface area contributed by atoms with Crippen molar-refractivity contribution < 1.29 is 14.0 Å². The second-order valence-corrected chi connectivity index (χ2v) is 7.10. The summed E-state index contributed by atoms with van der Waals surface area (Å²) in [5, 5.41) is 5.94. The first-order valence-electron chi connectivity index (χ1n) is 9.56. The molecule has 1 aromatic rings. The van der Waals surface area contributed by atoms with E-state index in [4.69, 9.17) is 4.42 Å². The number of carbonyl (C=O) groups excluding carboxylic acids is 2. The lowest BCUT2D eigenvalue weighted by Gasteiger charge is -2.33. The Morgan fingerprint density at radius 2 is 2.00 bits per heavy atom. The molecule has 1 atom stereocenters. The van der Waals surface area contributed by atoms with Crippen molar-refractivity contribution in [2.45, 2.75) is 51.0 Å². The van der Waals surface area contributed by atoms with Gasteiger partial charge in [-0.3, -0.25) is 14.5 Å². The number of nitrogens with zero attached hydrogens (tertiary/aromatic N) is 1. The highest BCUT2D eigenvalue weighted by Gasteiger charge is 2.29. The van der Waals surface area contributed by atoms with E-state index in [2.05, 4.69) is 15.5 Å². The Morgan fingerprint density at radius 3 is 2.68 bits per heavy atom. The third kappa shape index (κ3) is 5.59. The maximum absolute atomic E-state index is 12.1. The van der Waals surface area contributed by atoms with Gasteiger partial charge in [-0.15, -0.1) is 0 Å². The second-order valence-electron chi connectivity index (χ2n) is 7.10. The molecule has 1 unspecified atom stereocenters. The lowest BCUT2D eigenvalue weighted by Crippen LogP contribution is -2.40. The van der Waals surface area contributed by atoms with Gasteiger partial charge in [-0.25, -0.2) is 0 Å². The van der Waals surface area contributed by atoms with Crippen LogP contribution in [0.5, 0.6) is 0 Å². The fraction of sp³-hybridized carbons (Fsp3) is 0.684. The number of carbonyl (C=O) groups is 2. The van der Waals surface area contributed by atoms with E-state index in [0.29, 0.717) is 25.9 Å². The van der Waals surface area contributed by atoms with Crippen LogP contribution in [0.15, 0.2) is 22.8 Å². The highest BCUT2D eigenvalue weighted by atomic mass is 16.3. The summed E-state index contributed by atoms with van der Waals surface area (Å²) in [6.45, 7) is 3.25. The Labute approximate surface area is 149 Å². The van der Waals surface area contributed by atoms with Crippen molar-refractivity contribution in [1.29, 1.82) is 0 Å². The van der Waals surface area contributed by atoms with Crippen LogP contribution < -0.4 is 10.6 Å². The number of piperidine rings is 1. The maximum Gasteiger partial charge on any atom is 0.223 e. The van der Waals surface area contributed by atoms with Crippen molar-refractivity contribution in [3.8, 4) is 0 Å². The van der Waals surface area contributed by atoms with Crippen LogP contribution in [-0.4, -0.2) is 42.9 Å². The van der Waals surface area contributed by atoms with Gasteiger partial charge in [0.15, 0.2) is 0 Å². The van der Waals surface area contributed by atoms with E-state index in [9.17, 15) is 9.59 Å². The third-order valence-corrected chi connectivity index (χ3v) is 5.02. The molecular weight excluding hydrogens is 318 g/mol. The minimum Gasteiger partial charge on any atom is -0.468 e. The quantitative estimate of drug-likeness (QED) is 0.672. The summed E-state index contributed by atoms with van der Waals surface area (Å²) in [4.78, 5) is 26.1. The molecule has 0 spiro atoms. The number of amides is 2. The molecule has 2 amide bonds. The Morgan fingerprint density at radius 1 is 1.20 bits per heavy atom. The van der Waals surface area contributed by atoms with E-state index in [-0.39, 0.29) is 23.8 Å². The smallest absolute Gasteiger partial charge is 0.223 e. The van der Waals surface area contributed by atoms with Crippen LogP contribution >= 0.6 is 0 Å². The fourth-order valence-corrected chi connectivity index (χ4v) is 3.37. The first kappa shape index (κ1) is 18.0. The number of hydrogen-bond donors (Lipinski definition) is 2. The molecule has 2 heterocycles. The van der Waals surface area contributed by atoms with Crippen LogP contribution in [0.4, 0.5) is 0 Å². The molecular formula is C19H29N3O3. The number of likely N-dealkylation sites (tertiary alicyclic amines) is 1. The Bertz CT molecular complexity index is 548. The molecule has 0 radical (unpaired) electrons. The van der Waals surface area contributed by atoms with Gasteiger partial charge in [0, 0.05) is 25.4 Å². The van der Waals surface area contributed by atoms with E-state index < -0.39 is 0 Å². The predicted octanol–water partition coefficient (Wildman–Crippen LogP) is 2.23. The number of rotatable bonds is 9. The molecule has 25 heavy (non-hydrogen) atoms. The van der Waals surface area contributed by atoms with Gasteiger partial charge in [-0.2, -0.15) is 0 Å². The number of furan rings is 1. The summed E-state index contributed by atoms with van der Waals surface area (Å²) in [5.41, 5.74) is 0. The molecule has 2 aliphatic rings. The Balaban J connectivity index is 1.39. The molecule has 1 saturated carbocycles. The molecule has 3 rings (SSSR count). The van der Waals surface area contributed by atoms with Crippen molar-refractivity contribution in [3.05, 3.63) is 24.2 Å². The molecule has 1 aliphatic carbocycles. The largest absolute Gasteiger partial charge is 0.468 e. The van der Waals surface area contributed by atoms with Gasteiger partial charge in [0.2, 0.25) is 11.8 Å². The molecule has 138 valence electrons. The van der Waals surface area contributed by atoms with Gasteiger partial charge in [-0.05, 0) is 57.3 Å². The van der Waals surface area contributed by atoms with Crippen LogP contribution in [0.3, 0.4) is 0 Å². The second kappa shape index (κ2) is 9.04. The van der Waals surface area contributed by atoms with Crippen molar-refractivity contribution in [1.82, 2.24) is 15.5 Å². The summed E-state index contributed by atoms with van der Waals surface area (Å²) in [6.07, 6.45) is 8.51. The number of nitrogens with one attached hydrogen (secondary N) is 2. The van der Waals surface area contributed by atoms with Gasteiger partial charge in [0.25, 0.3) is 0 Å². The van der Waals surface area contributed by atoms with Crippen molar-refractivity contribution in [2.24, 2.45) is 5.92 Å². The fourth-order valence-electron chi connectivity index (χ4n) is 3.37. The summed E-state index contributed by atoms with van der Waals surface area (Å²) in [6, 6.07) is 3.99. The Kier molecular flexibility index (Phi) is 6.50. The van der Waals surface area contributed by atoms with Gasteiger partial charge in [0.05, 0.1) is 12.3 Å². The summed E-state index contributed by atoms with van der Waals surface area (Å²) < 4.78 is 5.59. The van der Waals surface area contributed by atoms with Gasteiger partial charge < -0.3 is 15.1 Å². The molecule has 0 bridgehead atoms. The van der Waals surface area contributed by atoms with E-state index >= 15 is 0 Å². The summed E-state index contributed by atoms with van der Waals surface area (Å²) in [7, 11) is 0. The van der Waals surface area contributed by atoms with Crippen molar-refractivity contribution in [3.63, 3.8) is 0 Å². The minimum atomic E-state index is 0.0363. The van der Waals surface area contributed by atoms with E-state index in [1.54, 1.807) is 6.26 Å². The summed E-state index contributed by atoms with van der Waals surface area (Å²) in [5.74, 6) is 1.32. The monoisotopic (exact) mass is 347 g/mol. The molecule has 1 aromatic heterocycles. The molecule has 6 heteroatoms. The zero-order valence-corrected chi connectivity index (χ0v) is 14.8.